The molecule has 0 spiro atoms. The van der Waals surface area contributed by atoms with Crippen molar-refractivity contribution >= 4 is 5.97 Å². The van der Waals surface area contributed by atoms with Crippen molar-refractivity contribution in [3.63, 3.8) is 0 Å². The van der Waals surface area contributed by atoms with E-state index in [2.05, 4.69) is 6.07 Å². The first-order chi connectivity index (χ1) is 11.2. The summed E-state index contributed by atoms with van der Waals surface area (Å²) in [7, 11) is 1.55. The number of rotatable bonds is 6. The van der Waals surface area contributed by atoms with Gasteiger partial charge in [-0.05, 0) is 30.2 Å². The van der Waals surface area contributed by atoms with E-state index in [1.54, 1.807) is 38.3 Å². The van der Waals surface area contributed by atoms with Crippen LogP contribution in [0.25, 0.3) is 0 Å². The predicted molar refractivity (Wildman–Crippen MR) is 87.1 cm³/mol. The molecule has 0 bridgehead atoms. The van der Waals surface area contributed by atoms with Gasteiger partial charge in [0.25, 0.3) is 0 Å². The van der Waals surface area contributed by atoms with Crippen LogP contribution in [0.15, 0.2) is 54.6 Å². The molecule has 0 saturated carbocycles. The molecule has 0 heterocycles. The molecule has 0 aliphatic rings. The van der Waals surface area contributed by atoms with Crippen molar-refractivity contribution in [2.24, 2.45) is 0 Å². The number of nitrogens with zero attached hydrogens (tertiary/aromatic N) is 1. The van der Waals surface area contributed by atoms with Gasteiger partial charge in [0.15, 0.2) is 5.41 Å². The summed E-state index contributed by atoms with van der Waals surface area (Å²) in [4.78, 5) is 12.6. The Labute approximate surface area is 136 Å². The molecule has 0 amide bonds. The van der Waals surface area contributed by atoms with Gasteiger partial charge < -0.3 is 9.47 Å². The Hall–Kier alpha value is -2.80. The van der Waals surface area contributed by atoms with E-state index in [9.17, 15) is 10.1 Å². The van der Waals surface area contributed by atoms with Crippen LogP contribution in [0.3, 0.4) is 0 Å². The lowest BCUT2D eigenvalue weighted by atomic mass is 9.76. The fourth-order valence-corrected chi connectivity index (χ4v) is 2.49. The maximum Gasteiger partial charge on any atom is 0.331 e. The molecule has 0 fully saturated rings. The summed E-state index contributed by atoms with van der Waals surface area (Å²) in [5, 5.41) is 9.86. The van der Waals surface area contributed by atoms with Crippen LogP contribution in [0.2, 0.25) is 0 Å². The van der Waals surface area contributed by atoms with Crippen molar-refractivity contribution in [1.82, 2.24) is 0 Å². The van der Waals surface area contributed by atoms with Gasteiger partial charge in [-0.15, -0.1) is 0 Å². The van der Waals surface area contributed by atoms with E-state index in [0.29, 0.717) is 11.3 Å². The van der Waals surface area contributed by atoms with Gasteiger partial charge in [-0.2, -0.15) is 5.26 Å². The number of ether oxygens (including phenoxy) is 2. The zero-order valence-corrected chi connectivity index (χ0v) is 13.3. The molecule has 0 radical (unpaired) electrons. The van der Waals surface area contributed by atoms with E-state index in [0.717, 1.165) is 5.56 Å². The lowest BCUT2D eigenvalue weighted by molar-refractivity contribution is -0.147. The molecule has 0 N–H and O–H groups in total. The minimum atomic E-state index is -1.40. The third-order valence-electron chi connectivity index (χ3n) is 3.69. The van der Waals surface area contributed by atoms with Gasteiger partial charge in [-0.1, -0.05) is 42.5 Å². The average molecular weight is 309 g/mol. The second kappa shape index (κ2) is 7.46. The van der Waals surface area contributed by atoms with E-state index < -0.39 is 11.4 Å². The second-order valence-corrected chi connectivity index (χ2v) is 5.13. The topological polar surface area (TPSA) is 59.3 Å². The molecule has 2 aromatic carbocycles. The third kappa shape index (κ3) is 3.51. The predicted octanol–water partition coefficient (Wildman–Crippen LogP) is 3.26. The smallest absolute Gasteiger partial charge is 0.331 e. The molecule has 0 aliphatic carbocycles. The average Bonchev–Trinajstić information content (AvgIpc) is 2.61. The van der Waals surface area contributed by atoms with Crippen molar-refractivity contribution in [1.29, 1.82) is 5.26 Å². The van der Waals surface area contributed by atoms with Crippen molar-refractivity contribution in [2.75, 3.05) is 13.7 Å². The molecular weight excluding hydrogens is 290 g/mol. The number of hydrogen-bond donors (Lipinski definition) is 0. The number of hydrogen-bond acceptors (Lipinski definition) is 4. The summed E-state index contributed by atoms with van der Waals surface area (Å²) < 4.78 is 10.4. The van der Waals surface area contributed by atoms with Gasteiger partial charge in [-0.3, -0.25) is 0 Å². The van der Waals surface area contributed by atoms with Gasteiger partial charge in [0.05, 0.1) is 19.8 Å². The quantitative estimate of drug-likeness (QED) is 0.768. The van der Waals surface area contributed by atoms with E-state index in [1.807, 2.05) is 30.3 Å². The summed E-state index contributed by atoms with van der Waals surface area (Å²) in [6, 6.07) is 18.6. The summed E-state index contributed by atoms with van der Waals surface area (Å²) in [5.41, 5.74) is 0.0675. The molecule has 1 atom stereocenters. The number of nitriles is 1. The largest absolute Gasteiger partial charge is 0.497 e. The summed E-state index contributed by atoms with van der Waals surface area (Å²) in [6.45, 7) is 1.95. The van der Waals surface area contributed by atoms with Crippen LogP contribution in [0.4, 0.5) is 0 Å². The first-order valence-corrected chi connectivity index (χ1v) is 7.43. The molecule has 2 rings (SSSR count). The second-order valence-electron chi connectivity index (χ2n) is 5.13. The Morgan fingerprint density at radius 3 is 2.52 bits per heavy atom. The van der Waals surface area contributed by atoms with Gasteiger partial charge in [-0.25, -0.2) is 4.79 Å². The normalized spacial score (nSPS) is 12.7. The standard InChI is InChI=1S/C19H19NO3/c1-3-23-18(21)19(14-20,13-15-8-5-4-6-9-15)16-10-7-11-17(12-16)22-2/h4-12H,3,13H2,1-2H3. The fraction of sp³-hybridized carbons (Fsp3) is 0.263. The Morgan fingerprint density at radius 1 is 1.17 bits per heavy atom. The van der Waals surface area contributed by atoms with Crippen LogP contribution < -0.4 is 4.74 Å². The summed E-state index contributed by atoms with van der Waals surface area (Å²) in [5.74, 6) is 0.0547. The van der Waals surface area contributed by atoms with Crippen LogP contribution in [-0.4, -0.2) is 19.7 Å². The number of esters is 1. The van der Waals surface area contributed by atoms with Crippen LogP contribution in [-0.2, 0) is 21.4 Å². The first kappa shape index (κ1) is 16.6. The van der Waals surface area contributed by atoms with Gasteiger partial charge >= 0.3 is 5.97 Å². The van der Waals surface area contributed by atoms with Crippen LogP contribution in [0.1, 0.15) is 18.1 Å². The zero-order chi connectivity index (χ0) is 16.7. The number of carbonyl (C=O) groups is 1. The Balaban J connectivity index is 2.53. The highest BCUT2D eigenvalue weighted by atomic mass is 16.5. The first-order valence-electron chi connectivity index (χ1n) is 7.43. The molecule has 118 valence electrons. The molecule has 4 nitrogen and oxygen atoms in total. The highest BCUT2D eigenvalue weighted by Gasteiger charge is 2.42. The van der Waals surface area contributed by atoms with E-state index >= 15 is 0 Å². The van der Waals surface area contributed by atoms with E-state index in [4.69, 9.17) is 9.47 Å². The van der Waals surface area contributed by atoms with E-state index in [-0.39, 0.29) is 13.0 Å². The highest BCUT2D eigenvalue weighted by molar-refractivity contribution is 5.87. The van der Waals surface area contributed by atoms with Crippen LogP contribution in [0.5, 0.6) is 5.75 Å². The Bertz CT molecular complexity index is 706. The van der Waals surface area contributed by atoms with Crippen LogP contribution in [0, 0.1) is 11.3 Å². The van der Waals surface area contributed by atoms with Gasteiger partial charge in [0, 0.05) is 6.42 Å². The lowest BCUT2D eigenvalue weighted by Gasteiger charge is -2.25. The van der Waals surface area contributed by atoms with Gasteiger partial charge in [0.1, 0.15) is 5.75 Å². The molecule has 23 heavy (non-hydrogen) atoms. The summed E-state index contributed by atoms with van der Waals surface area (Å²) >= 11 is 0. The molecule has 2 aromatic rings. The van der Waals surface area contributed by atoms with Crippen molar-refractivity contribution in [3.05, 3.63) is 65.7 Å². The Kier molecular flexibility index (Phi) is 5.37. The zero-order valence-electron chi connectivity index (χ0n) is 13.3. The lowest BCUT2D eigenvalue weighted by Crippen LogP contribution is -2.38. The fourth-order valence-electron chi connectivity index (χ4n) is 2.49. The summed E-state index contributed by atoms with van der Waals surface area (Å²) in [6.07, 6.45) is 0.246. The molecule has 0 saturated heterocycles. The van der Waals surface area contributed by atoms with Gasteiger partial charge in [0.2, 0.25) is 0 Å². The van der Waals surface area contributed by atoms with Crippen molar-refractivity contribution < 1.29 is 14.3 Å². The maximum absolute atomic E-state index is 12.6. The van der Waals surface area contributed by atoms with Crippen molar-refractivity contribution in [3.8, 4) is 11.8 Å². The SMILES string of the molecule is CCOC(=O)C(C#N)(Cc1ccccc1)c1cccc(OC)c1. The maximum atomic E-state index is 12.6. The molecule has 1 unspecified atom stereocenters. The molecule has 0 aromatic heterocycles. The number of carbonyl (C=O) groups excluding carboxylic acids is 1. The minimum Gasteiger partial charge on any atom is -0.497 e. The monoisotopic (exact) mass is 309 g/mol. The molecular formula is C19H19NO3. The molecule has 0 aliphatic heterocycles. The number of methoxy groups -OCH3 is 1. The van der Waals surface area contributed by atoms with Crippen LogP contribution >= 0.6 is 0 Å². The van der Waals surface area contributed by atoms with E-state index in [1.165, 1.54) is 0 Å². The third-order valence-corrected chi connectivity index (χ3v) is 3.69. The Morgan fingerprint density at radius 2 is 1.91 bits per heavy atom. The highest BCUT2D eigenvalue weighted by Crippen LogP contribution is 2.32. The van der Waals surface area contributed by atoms with Crippen molar-refractivity contribution in [2.45, 2.75) is 18.8 Å². The molecule has 4 heteroatoms. The minimum absolute atomic E-state index is 0.223. The number of benzene rings is 2.